The first-order chi connectivity index (χ1) is 24.2. The van der Waals surface area contributed by atoms with Gasteiger partial charge in [-0.05, 0) is 61.8 Å². The van der Waals surface area contributed by atoms with Gasteiger partial charge in [-0.25, -0.2) is 0 Å². The van der Waals surface area contributed by atoms with Crippen molar-refractivity contribution in [3.63, 3.8) is 0 Å². The Labute approximate surface area is 307 Å². The van der Waals surface area contributed by atoms with Gasteiger partial charge in [0.05, 0.1) is 48.8 Å². The Hall–Kier alpha value is -3.10. The second kappa shape index (κ2) is 21.6. The molecule has 0 aromatic carbocycles. The Morgan fingerprint density at radius 2 is 0.596 bits per heavy atom. The maximum atomic E-state index is 10.3. The second-order valence-electron chi connectivity index (χ2n) is 14.5. The summed E-state index contributed by atoms with van der Waals surface area (Å²) >= 11 is 0. The van der Waals surface area contributed by atoms with Gasteiger partial charge in [-0.1, -0.05) is 6.92 Å². The van der Waals surface area contributed by atoms with Gasteiger partial charge in [-0.15, -0.1) is 0 Å². The molecule has 0 saturated carbocycles. The molecule has 2 aromatic rings. The van der Waals surface area contributed by atoms with Crippen molar-refractivity contribution >= 4 is 23.8 Å². The Morgan fingerprint density at radius 3 is 0.827 bits per heavy atom. The number of rotatable bonds is 24. The van der Waals surface area contributed by atoms with E-state index in [0.29, 0.717) is 24.5 Å². The summed E-state index contributed by atoms with van der Waals surface area (Å²) in [5, 5.41) is 82.1. The maximum absolute atomic E-state index is 10.3. The molecule has 0 fully saturated rings. The highest BCUT2D eigenvalue weighted by atomic mass is 16.3. The van der Waals surface area contributed by atoms with Gasteiger partial charge in [0.1, 0.15) is 11.6 Å². The van der Waals surface area contributed by atoms with E-state index in [9.17, 15) is 40.9 Å². The van der Waals surface area contributed by atoms with E-state index in [1.54, 1.807) is 75.0 Å². The van der Waals surface area contributed by atoms with Gasteiger partial charge in [0.25, 0.3) is 0 Å². The van der Waals surface area contributed by atoms with Gasteiger partial charge in [-0.2, -0.15) is 29.9 Å². The molecule has 0 amide bonds. The number of hydrogen-bond donors (Lipinski definition) is 8. The molecule has 18 heteroatoms. The van der Waals surface area contributed by atoms with Crippen LogP contribution in [0.1, 0.15) is 86.3 Å². The monoisotopic (exact) mass is 740 g/mol. The van der Waals surface area contributed by atoms with E-state index in [1.165, 1.54) is 0 Å². The van der Waals surface area contributed by atoms with Crippen LogP contribution < -0.4 is 19.6 Å². The van der Waals surface area contributed by atoms with E-state index < -0.39 is 48.8 Å². The van der Waals surface area contributed by atoms with Crippen LogP contribution in [0.4, 0.5) is 23.8 Å². The van der Waals surface area contributed by atoms with Crippen molar-refractivity contribution in [3.05, 3.63) is 11.6 Å². The lowest BCUT2D eigenvalue weighted by atomic mass is 10.0. The Morgan fingerprint density at radius 1 is 0.365 bits per heavy atom. The standard InChI is InChI=1S/C34H64N10O8/c1-20(30-37-33(43(16-25(6)49)17-26(7)50)40-34(38-30)44(18-27(8)51)19-28(9)52)10-11-29-35-31(41(12-21(2)45)13-22(3)46)39-32(36-29)42(14-23(4)47)15-24(5)48/h20-28,45-52H,10-19H2,1-9H3. The number of aliphatic hydroxyl groups excluding tert-OH is 8. The molecule has 9 unspecified atom stereocenters. The molecule has 0 bridgehead atoms. The molecule has 0 spiro atoms. The largest absolute Gasteiger partial charge is 0.392 e. The first kappa shape index (κ1) is 45.1. The Bertz CT molecular complexity index is 1190. The average Bonchev–Trinajstić information content (AvgIpc) is 3.00. The van der Waals surface area contributed by atoms with E-state index in [1.807, 2.05) is 6.92 Å². The van der Waals surface area contributed by atoms with Crippen LogP contribution in [0.2, 0.25) is 0 Å². The first-order valence-corrected chi connectivity index (χ1v) is 18.2. The average molecular weight is 741 g/mol. The first-order valence-electron chi connectivity index (χ1n) is 18.2. The van der Waals surface area contributed by atoms with Crippen molar-refractivity contribution in [2.24, 2.45) is 0 Å². The molecule has 2 heterocycles. The number of hydrogen-bond acceptors (Lipinski definition) is 18. The maximum Gasteiger partial charge on any atom is 0.230 e. The Balaban J connectivity index is 2.65. The lowest BCUT2D eigenvalue weighted by molar-refractivity contribution is 0.175. The van der Waals surface area contributed by atoms with Crippen molar-refractivity contribution in [1.82, 2.24) is 29.9 Å². The van der Waals surface area contributed by atoms with Crippen LogP contribution in [0.25, 0.3) is 0 Å². The molecule has 0 aliphatic heterocycles. The number of aliphatic hydroxyl groups is 8. The molecule has 298 valence electrons. The summed E-state index contributed by atoms with van der Waals surface area (Å²) < 4.78 is 0. The molecule has 2 rings (SSSR count). The van der Waals surface area contributed by atoms with Crippen molar-refractivity contribution in [3.8, 4) is 0 Å². The van der Waals surface area contributed by atoms with E-state index in [4.69, 9.17) is 19.9 Å². The number of nitrogens with zero attached hydrogens (tertiary/aromatic N) is 10. The lowest BCUT2D eigenvalue weighted by Gasteiger charge is -2.30. The van der Waals surface area contributed by atoms with Crippen LogP contribution >= 0.6 is 0 Å². The minimum absolute atomic E-state index is 0.135. The van der Waals surface area contributed by atoms with Gasteiger partial charge < -0.3 is 60.5 Å². The van der Waals surface area contributed by atoms with Gasteiger partial charge in [0.15, 0.2) is 0 Å². The zero-order chi connectivity index (χ0) is 39.3. The zero-order valence-electron chi connectivity index (χ0n) is 32.3. The predicted molar refractivity (Wildman–Crippen MR) is 199 cm³/mol. The summed E-state index contributed by atoms with van der Waals surface area (Å²) in [4.78, 5) is 34.9. The van der Waals surface area contributed by atoms with Crippen LogP contribution in [0.15, 0.2) is 0 Å². The summed E-state index contributed by atoms with van der Waals surface area (Å²) in [6, 6.07) is 0. The lowest BCUT2D eigenvalue weighted by Crippen LogP contribution is -2.40. The van der Waals surface area contributed by atoms with E-state index in [0.717, 1.165) is 0 Å². The van der Waals surface area contributed by atoms with Crippen LogP contribution in [0, 0.1) is 0 Å². The van der Waals surface area contributed by atoms with Crippen molar-refractivity contribution < 1.29 is 40.9 Å². The predicted octanol–water partition coefficient (Wildman–Crippen LogP) is -0.935. The minimum atomic E-state index is -0.762. The van der Waals surface area contributed by atoms with Gasteiger partial charge in [0.2, 0.25) is 23.8 Å². The summed E-state index contributed by atoms with van der Waals surface area (Å²) in [6.45, 7) is 16.0. The minimum Gasteiger partial charge on any atom is -0.392 e. The van der Waals surface area contributed by atoms with E-state index in [-0.39, 0.29) is 82.1 Å². The summed E-state index contributed by atoms with van der Waals surface area (Å²) in [7, 11) is 0. The number of aromatic nitrogens is 6. The summed E-state index contributed by atoms with van der Waals surface area (Å²) in [5.74, 6) is 1.35. The molecule has 0 saturated heterocycles. The summed E-state index contributed by atoms with van der Waals surface area (Å²) in [6.07, 6.45) is -5.34. The van der Waals surface area contributed by atoms with Gasteiger partial charge in [-0.3, -0.25) is 0 Å². The van der Waals surface area contributed by atoms with Crippen molar-refractivity contribution in [2.75, 3.05) is 72.0 Å². The molecule has 8 N–H and O–H groups in total. The third-order valence-corrected chi connectivity index (χ3v) is 7.54. The molecule has 0 aliphatic carbocycles. The van der Waals surface area contributed by atoms with Crippen molar-refractivity contribution in [2.45, 2.75) is 130 Å². The second-order valence-corrected chi connectivity index (χ2v) is 14.5. The fraction of sp³-hybridized carbons (Fsp3) is 0.824. The highest BCUT2D eigenvalue weighted by Crippen LogP contribution is 2.25. The molecule has 52 heavy (non-hydrogen) atoms. The van der Waals surface area contributed by atoms with E-state index in [2.05, 4.69) is 9.97 Å². The molecular weight excluding hydrogens is 676 g/mol. The zero-order valence-corrected chi connectivity index (χ0v) is 32.3. The quantitative estimate of drug-likeness (QED) is 0.0647. The van der Waals surface area contributed by atoms with Gasteiger partial charge >= 0.3 is 0 Å². The number of anilines is 4. The topological polar surface area (TPSA) is 252 Å². The SMILES string of the molecule is CC(O)CN(CC(C)O)c1nc(CCC(C)c2nc(N(CC(C)O)CC(C)O)nc(N(CC(C)O)CC(C)O)n2)nc(N(CC(C)O)CC(C)O)n1. The highest BCUT2D eigenvalue weighted by molar-refractivity contribution is 5.42. The molecule has 18 nitrogen and oxygen atoms in total. The Kier molecular flexibility index (Phi) is 18.7. The normalized spacial score (nSPS) is 17.0. The summed E-state index contributed by atoms with van der Waals surface area (Å²) in [5.41, 5.74) is 0. The highest BCUT2D eigenvalue weighted by Gasteiger charge is 2.25. The fourth-order valence-corrected chi connectivity index (χ4v) is 5.64. The van der Waals surface area contributed by atoms with Crippen LogP contribution in [0.3, 0.4) is 0 Å². The van der Waals surface area contributed by atoms with E-state index >= 15 is 0 Å². The fourth-order valence-electron chi connectivity index (χ4n) is 5.64. The van der Waals surface area contributed by atoms with Crippen LogP contribution in [-0.4, -0.2) is 172 Å². The van der Waals surface area contributed by atoms with Crippen LogP contribution in [-0.2, 0) is 6.42 Å². The van der Waals surface area contributed by atoms with Crippen LogP contribution in [0.5, 0.6) is 0 Å². The molecular formula is C34H64N10O8. The molecule has 9 atom stereocenters. The van der Waals surface area contributed by atoms with Gasteiger partial charge in [0, 0.05) is 64.7 Å². The molecule has 0 aliphatic rings. The smallest absolute Gasteiger partial charge is 0.230 e. The molecule has 2 aromatic heterocycles. The third-order valence-electron chi connectivity index (χ3n) is 7.54. The third kappa shape index (κ3) is 16.3. The number of aryl methyl sites for hydroxylation is 1. The molecule has 0 radical (unpaired) electrons. The van der Waals surface area contributed by atoms with Crippen molar-refractivity contribution in [1.29, 1.82) is 0 Å².